The highest BCUT2D eigenvalue weighted by atomic mass is 32.2. The van der Waals surface area contributed by atoms with Crippen LogP contribution in [0.3, 0.4) is 0 Å². The van der Waals surface area contributed by atoms with Gasteiger partial charge in [-0.25, -0.2) is 13.1 Å². The fraction of sp³-hybridized carbons (Fsp3) is 0.375. The quantitative estimate of drug-likeness (QED) is 0.848. The summed E-state index contributed by atoms with van der Waals surface area (Å²) >= 11 is 0. The minimum Gasteiger partial charge on any atom is -0.268 e. The topological polar surface area (TPSA) is 69.0 Å². The lowest BCUT2D eigenvalue weighted by Gasteiger charge is -2.08. The highest BCUT2D eigenvalue weighted by Gasteiger charge is 2.08. The molecule has 2 rings (SSSR count). The maximum Gasteiger partial charge on any atom is 0.267 e. The summed E-state index contributed by atoms with van der Waals surface area (Å²) in [7, 11) is -3.21. The Morgan fingerprint density at radius 3 is 2.27 bits per heavy atom. The van der Waals surface area contributed by atoms with Gasteiger partial charge in [-0.05, 0) is 30.0 Å². The average Bonchev–Trinajstić information content (AvgIpc) is 2.45. The normalized spacial score (nSPS) is 11.8. The van der Waals surface area contributed by atoms with Gasteiger partial charge in [0.25, 0.3) is 5.56 Å². The highest BCUT2D eigenvalue weighted by molar-refractivity contribution is 7.90. The van der Waals surface area contributed by atoms with Crippen molar-refractivity contribution in [1.29, 1.82) is 0 Å². The van der Waals surface area contributed by atoms with E-state index < -0.39 is 9.84 Å². The first kappa shape index (κ1) is 16.4. The fourth-order valence-corrected chi connectivity index (χ4v) is 2.66. The lowest BCUT2D eigenvalue weighted by atomic mass is 10.1. The molecule has 2 aromatic rings. The molecule has 6 heteroatoms. The molecule has 22 heavy (non-hydrogen) atoms. The lowest BCUT2D eigenvalue weighted by molar-refractivity contribution is 0.472. The summed E-state index contributed by atoms with van der Waals surface area (Å²) in [6.07, 6.45) is 3.70. The Labute approximate surface area is 130 Å². The van der Waals surface area contributed by atoms with E-state index in [1.54, 1.807) is 18.3 Å². The van der Waals surface area contributed by atoms with Gasteiger partial charge in [-0.15, -0.1) is 0 Å². The molecule has 0 N–H and O–H groups in total. The first-order valence-electron chi connectivity index (χ1n) is 7.15. The van der Waals surface area contributed by atoms with Crippen molar-refractivity contribution < 1.29 is 8.42 Å². The van der Waals surface area contributed by atoms with Gasteiger partial charge < -0.3 is 0 Å². The third kappa shape index (κ3) is 4.04. The second-order valence-electron chi connectivity index (χ2n) is 5.78. The van der Waals surface area contributed by atoms with Gasteiger partial charge in [-0.3, -0.25) is 4.79 Å². The van der Waals surface area contributed by atoms with E-state index in [4.69, 9.17) is 0 Å². The molecule has 0 unspecified atom stereocenters. The van der Waals surface area contributed by atoms with Crippen LogP contribution < -0.4 is 5.56 Å². The zero-order valence-corrected chi connectivity index (χ0v) is 13.8. The van der Waals surface area contributed by atoms with Gasteiger partial charge in [-0.2, -0.15) is 5.10 Å². The van der Waals surface area contributed by atoms with Crippen LogP contribution in [0.4, 0.5) is 0 Å². The van der Waals surface area contributed by atoms with Crippen molar-refractivity contribution >= 4 is 9.84 Å². The molecule has 0 aliphatic heterocycles. The molecular weight excluding hydrogens is 300 g/mol. The monoisotopic (exact) mass is 320 g/mol. The first-order valence-corrected chi connectivity index (χ1v) is 9.04. The van der Waals surface area contributed by atoms with Crippen LogP contribution in [-0.2, 0) is 16.4 Å². The molecule has 0 atom stereocenters. The third-order valence-corrected chi connectivity index (χ3v) is 4.53. The summed E-state index contributed by atoms with van der Waals surface area (Å²) in [6, 6.07) is 7.98. The number of aryl methyl sites for hydroxylation is 1. The minimum absolute atomic E-state index is 0.148. The van der Waals surface area contributed by atoms with Crippen molar-refractivity contribution in [1.82, 2.24) is 9.78 Å². The fourth-order valence-electron chi connectivity index (χ4n) is 2.03. The highest BCUT2D eigenvalue weighted by Crippen LogP contribution is 2.19. The zero-order valence-electron chi connectivity index (χ0n) is 13.0. The molecule has 0 aliphatic rings. The molecule has 118 valence electrons. The van der Waals surface area contributed by atoms with Crippen LogP contribution in [0.15, 0.2) is 46.2 Å². The van der Waals surface area contributed by atoms with Crippen molar-refractivity contribution in [3.8, 4) is 11.1 Å². The third-order valence-electron chi connectivity index (χ3n) is 3.40. The van der Waals surface area contributed by atoms with E-state index in [9.17, 15) is 13.2 Å². The Morgan fingerprint density at radius 1 is 1.14 bits per heavy atom. The van der Waals surface area contributed by atoms with Crippen LogP contribution in [0.5, 0.6) is 0 Å². The van der Waals surface area contributed by atoms with Gasteiger partial charge >= 0.3 is 0 Å². The van der Waals surface area contributed by atoms with Gasteiger partial charge in [-0.1, -0.05) is 26.0 Å². The summed E-state index contributed by atoms with van der Waals surface area (Å²) in [5.41, 5.74) is 1.31. The molecule has 0 saturated carbocycles. The van der Waals surface area contributed by atoms with Gasteiger partial charge in [0, 0.05) is 24.4 Å². The Kier molecular flexibility index (Phi) is 4.81. The van der Waals surface area contributed by atoms with Gasteiger partial charge in [0.15, 0.2) is 9.84 Å². The standard InChI is InChI=1S/C16H20N2O3S/c1-12(2)8-9-18-16(19)10-14(11-17-18)13-4-6-15(7-5-13)22(3,20)21/h4-7,10-12H,8-9H2,1-3H3. The van der Waals surface area contributed by atoms with E-state index in [-0.39, 0.29) is 10.5 Å². The van der Waals surface area contributed by atoms with Crippen LogP contribution in [0.1, 0.15) is 20.3 Å². The van der Waals surface area contributed by atoms with Gasteiger partial charge in [0.05, 0.1) is 11.1 Å². The Morgan fingerprint density at radius 2 is 1.77 bits per heavy atom. The maximum atomic E-state index is 12.1. The van der Waals surface area contributed by atoms with Crippen molar-refractivity contribution in [3.63, 3.8) is 0 Å². The van der Waals surface area contributed by atoms with Gasteiger partial charge in [0.2, 0.25) is 0 Å². The zero-order chi connectivity index (χ0) is 16.3. The van der Waals surface area contributed by atoms with Gasteiger partial charge in [0.1, 0.15) is 0 Å². The summed E-state index contributed by atoms with van der Waals surface area (Å²) in [4.78, 5) is 12.3. The van der Waals surface area contributed by atoms with E-state index in [0.29, 0.717) is 18.0 Å². The molecule has 1 aromatic carbocycles. The molecule has 1 aromatic heterocycles. The van der Waals surface area contributed by atoms with E-state index in [1.165, 1.54) is 29.1 Å². The largest absolute Gasteiger partial charge is 0.268 e. The Bertz CT molecular complexity index is 806. The molecule has 1 heterocycles. The molecule has 0 radical (unpaired) electrons. The van der Waals surface area contributed by atoms with Crippen LogP contribution in [0.2, 0.25) is 0 Å². The lowest BCUT2D eigenvalue weighted by Crippen LogP contribution is -2.22. The number of nitrogens with zero attached hydrogens (tertiary/aromatic N) is 2. The number of aromatic nitrogens is 2. The van der Waals surface area contributed by atoms with E-state index >= 15 is 0 Å². The first-order chi connectivity index (χ1) is 10.3. The van der Waals surface area contributed by atoms with Crippen LogP contribution in [-0.4, -0.2) is 24.5 Å². The summed E-state index contributed by atoms with van der Waals surface area (Å²) in [6.45, 7) is 4.80. The molecule has 0 saturated heterocycles. The molecular formula is C16H20N2O3S. The molecule has 0 spiro atoms. The number of rotatable bonds is 5. The number of hydrogen-bond donors (Lipinski definition) is 0. The van der Waals surface area contributed by atoms with Crippen LogP contribution in [0, 0.1) is 5.92 Å². The average molecular weight is 320 g/mol. The van der Waals surface area contributed by atoms with E-state index in [2.05, 4.69) is 18.9 Å². The number of hydrogen-bond acceptors (Lipinski definition) is 4. The second-order valence-corrected chi connectivity index (χ2v) is 7.80. The molecule has 0 aliphatic carbocycles. The Hall–Kier alpha value is -1.95. The van der Waals surface area contributed by atoms with Crippen molar-refractivity contribution in [2.24, 2.45) is 5.92 Å². The summed E-state index contributed by atoms with van der Waals surface area (Å²) in [5.74, 6) is 0.511. The van der Waals surface area contributed by atoms with E-state index in [0.717, 1.165) is 12.0 Å². The molecule has 0 amide bonds. The number of benzene rings is 1. The minimum atomic E-state index is -3.21. The molecule has 0 bridgehead atoms. The summed E-state index contributed by atoms with van der Waals surface area (Å²) < 4.78 is 24.3. The van der Waals surface area contributed by atoms with E-state index in [1.807, 2.05) is 0 Å². The Balaban J connectivity index is 2.27. The predicted octanol–water partition coefficient (Wildman–Crippen LogP) is 2.36. The maximum absolute atomic E-state index is 12.1. The van der Waals surface area contributed by atoms with Crippen LogP contribution in [0.25, 0.3) is 11.1 Å². The smallest absolute Gasteiger partial charge is 0.267 e. The predicted molar refractivity (Wildman–Crippen MR) is 86.5 cm³/mol. The SMILES string of the molecule is CC(C)CCn1ncc(-c2ccc(S(C)(=O)=O)cc2)cc1=O. The molecule has 5 nitrogen and oxygen atoms in total. The van der Waals surface area contributed by atoms with Crippen molar-refractivity contribution in [3.05, 3.63) is 46.9 Å². The van der Waals surface area contributed by atoms with Crippen LogP contribution >= 0.6 is 0 Å². The number of sulfone groups is 1. The van der Waals surface area contributed by atoms with Crippen molar-refractivity contribution in [2.75, 3.05) is 6.26 Å². The summed E-state index contributed by atoms with van der Waals surface area (Å²) in [5, 5.41) is 4.18. The second kappa shape index (κ2) is 6.44. The van der Waals surface area contributed by atoms with Crippen molar-refractivity contribution in [2.45, 2.75) is 31.7 Å². The molecule has 0 fully saturated rings.